The molecule has 202 valence electrons. The van der Waals surface area contributed by atoms with Gasteiger partial charge in [-0.25, -0.2) is 4.79 Å². The summed E-state index contributed by atoms with van der Waals surface area (Å²) < 4.78 is 10.5. The van der Waals surface area contributed by atoms with Gasteiger partial charge in [0, 0.05) is 31.0 Å². The van der Waals surface area contributed by atoms with Crippen LogP contribution < -0.4 is 14.5 Å². The van der Waals surface area contributed by atoms with Crippen LogP contribution in [0.3, 0.4) is 0 Å². The Balaban J connectivity index is 1.85. The summed E-state index contributed by atoms with van der Waals surface area (Å²) in [5.41, 5.74) is 3.50. The molecule has 1 saturated heterocycles. The van der Waals surface area contributed by atoms with E-state index in [1.54, 1.807) is 30.3 Å². The number of rotatable bonds is 8. The minimum absolute atomic E-state index is 0.0173. The molecule has 0 saturated carbocycles. The molecular weight excluding hydrogens is 496 g/mol. The van der Waals surface area contributed by atoms with Gasteiger partial charge in [-0.2, -0.15) is 0 Å². The van der Waals surface area contributed by atoms with Crippen LogP contribution in [0.15, 0.2) is 72.3 Å². The van der Waals surface area contributed by atoms with Crippen LogP contribution in [-0.4, -0.2) is 50.6 Å². The van der Waals surface area contributed by atoms with Crippen molar-refractivity contribution < 1.29 is 29.0 Å². The van der Waals surface area contributed by atoms with Gasteiger partial charge in [-0.05, 0) is 79.1 Å². The number of aliphatic hydroxyl groups is 1. The molecule has 1 atom stereocenters. The van der Waals surface area contributed by atoms with Gasteiger partial charge in [0.05, 0.1) is 30.9 Å². The van der Waals surface area contributed by atoms with Crippen LogP contribution in [0.5, 0.6) is 5.75 Å². The summed E-state index contributed by atoms with van der Waals surface area (Å²) in [6.07, 6.45) is 0.859. The number of anilines is 2. The smallest absolute Gasteiger partial charge is 0.337 e. The van der Waals surface area contributed by atoms with Gasteiger partial charge in [-0.3, -0.25) is 14.5 Å². The first kappa shape index (κ1) is 27.4. The second-order valence-corrected chi connectivity index (χ2v) is 9.52. The third-order valence-electron chi connectivity index (χ3n) is 6.65. The van der Waals surface area contributed by atoms with Crippen molar-refractivity contribution in [2.45, 2.75) is 26.3 Å². The van der Waals surface area contributed by atoms with E-state index in [0.29, 0.717) is 34.7 Å². The number of benzene rings is 3. The summed E-state index contributed by atoms with van der Waals surface area (Å²) in [7, 11) is 5.12. The van der Waals surface area contributed by atoms with E-state index >= 15 is 0 Å². The van der Waals surface area contributed by atoms with Crippen LogP contribution in [0.1, 0.15) is 46.4 Å². The number of Topliss-reactive ketones (excluding diaryl/α,β-unsaturated/α-hetero) is 1. The molecule has 3 aromatic carbocycles. The summed E-state index contributed by atoms with van der Waals surface area (Å²) in [4.78, 5) is 42.1. The highest BCUT2D eigenvalue weighted by Crippen LogP contribution is 2.43. The lowest BCUT2D eigenvalue weighted by Crippen LogP contribution is -2.29. The molecule has 1 aliphatic rings. The van der Waals surface area contributed by atoms with E-state index in [0.717, 1.165) is 17.7 Å². The summed E-state index contributed by atoms with van der Waals surface area (Å²) in [5.74, 6) is -1.66. The largest absolute Gasteiger partial charge is 0.507 e. The molecule has 1 heterocycles. The van der Waals surface area contributed by atoms with E-state index in [1.807, 2.05) is 57.1 Å². The van der Waals surface area contributed by atoms with E-state index in [4.69, 9.17) is 9.47 Å². The monoisotopic (exact) mass is 528 g/mol. The zero-order valence-corrected chi connectivity index (χ0v) is 22.7. The fourth-order valence-electron chi connectivity index (χ4n) is 4.57. The number of aryl methyl sites for hydroxylation is 1. The zero-order chi connectivity index (χ0) is 28.3. The van der Waals surface area contributed by atoms with Gasteiger partial charge < -0.3 is 19.5 Å². The highest BCUT2D eigenvalue weighted by molar-refractivity contribution is 6.51. The topological polar surface area (TPSA) is 96.4 Å². The first-order chi connectivity index (χ1) is 18.7. The van der Waals surface area contributed by atoms with E-state index in [1.165, 1.54) is 24.1 Å². The lowest BCUT2D eigenvalue weighted by atomic mass is 9.94. The first-order valence-corrected chi connectivity index (χ1v) is 12.7. The Morgan fingerprint density at radius 1 is 0.974 bits per heavy atom. The highest BCUT2D eigenvalue weighted by Gasteiger charge is 2.47. The van der Waals surface area contributed by atoms with Crippen molar-refractivity contribution in [1.29, 1.82) is 0 Å². The summed E-state index contributed by atoms with van der Waals surface area (Å²) >= 11 is 0. The van der Waals surface area contributed by atoms with Gasteiger partial charge in [-0.15, -0.1) is 0 Å². The normalized spacial score (nSPS) is 16.3. The number of esters is 1. The van der Waals surface area contributed by atoms with E-state index in [9.17, 15) is 19.5 Å². The number of carbonyl (C=O) groups excluding carboxylic acids is 3. The van der Waals surface area contributed by atoms with Crippen molar-refractivity contribution >= 4 is 34.8 Å². The second-order valence-electron chi connectivity index (χ2n) is 9.52. The van der Waals surface area contributed by atoms with E-state index < -0.39 is 23.7 Å². The molecule has 0 aliphatic carbocycles. The van der Waals surface area contributed by atoms with Gasteiger partial charge in [0.1, 0.15) is 11.5 Å². The summed E-state index contributed by atoms with van der Waals surface area (Å²) in [6.45, 7) is 4.44. The number of hydrogen-bond donors (Lipinski definition) is 1. The first-order valence-electron chi connectivity index (χ1n) is 12.7. The Bertz CT molecular complexity index is 1420. The third-order valence-corrected chi connectivity index (χ3v) is 6.65. The van der Waals surface area contributed by atoms with Crippen LogP contribution in [0.2, 0.25) is 0 Å². The predicted octanol–water partition coefficient (Wildman–Crippen LogP) is 5.26. The molecular formula is C31H32N2O6. The number of amides is 1. The Morgan fingerprint density at radius 2 is 1.62 bits per heavy atom. The Labute approximate surface area is 228 Å². The van der Waals surface area contributed by atoms with Crippen molar-refractivity contribution in [2.75, 3.05) is 37.6 Å². The number of ether oxygens (including phenoxy) is 2. The average Bonchev–Trinajstić information content (AvgIpc) is 3.21. The van der Waals surface area contributed by atoms with Crippen molar-refractivity contribution in [3.05, 3.63) is 94.6 Å². The molecule has 1 unspecified atom stereocenters. The maximum atomic E-state index is 13.5. The number of carbonyl (C=O) groups is 3. The van der Waals surface area contributed by atoms with Gasteiger partial charge >= 0.3 is 5.97 Å². The van der Waals surface area contributed by atoms with Crippen molar-refractivity contribution in [1.82, 2.24) is 0 Å². The van der Waals surface area contributed by atoms with Crippen LogP contribution in [-0.2, 0) is 14.3 Å². The molecule has 1 amide bonds. The maximum absolute atomic E-state index is 13.5. The SMILES string of the molecule is CCCOc1ccc(/C(O)=C2/C(=O)C(=O)N(c3ccc(C(=O)OC)cc3)C2c2ccc(N(C)C)cc2)cc1C. The van der Waals surface area contributed by atoms with Crippen LogP contribution in [0.25, 0.3) is 5.76 Å². The molecule has 3 aromatic rings. The minimum atomic E-state index is -0.887. The van der Waals surface area contributed by atoms with E-state index in [-0.39, 0.29) is 11.3 Å². The standard InChI is InChI=1S/C31H32N2O6/c1-6-17-39-25-16-11-22(18-19(25)2)28(34)26-27(20-7-12-23(13-8-20)32(3)4)33(30(36)29(26)35)24-14-9-21(10-15-24)31(37)38-5/h7-16,18,27,34H,6,17H2,1-5H3/b28-26-. The predicted molar refractivity (Wildman–Crippen MR) is 150 cm³/mol. The Morgan fingerprint density at radius 3 is 2.18 bits per heavy atom. The zero-order valence-electron chi connectivity index (χ0n) is 22.7. The molecule has 0 aromatic heterocycles. The molecule has 39 heavy (non-hydrogen) atoms. The van der Waals surface area contributed by atoms with Gasteiger partial charge in [0.15, 0.2) is 0 Å². The van der Waals surface area contributed by atoms with Crippen LogP contribution >= 0.6 is 0 Å². The lowest BCUT2D eigenvalue weighted by Gasteiger charge is -2.26. The van der Waals surface area contributed by atoms with Gasteiger partial charge in [0.25, 0.3) is 11.7 Å². The van der Waals surface area contributed by atoms with Crippen molar-refractivity contribution in [3.63, 3.8) is 0 Å². The van der Waals surface area contributed by atoms with Crippen LogP contribution in [0.4, 0.5) is 11.4 Å². The molecule has 1 N–H and O–H groups in total. The number of ketones is 1. The number of methoxy groups -OCH3 is 1. The number of nitrogens with zero attached hydrogens (tertiary/aromatic N) is 2. The molecule has 1 fully saturated rings. The molecule has 0 bridgehead atoms. The third kappa shape index (κ3) is 5.36. The highest BCUT2D eigenvalue weighted by atomic mass is 16.5. The molecule has 8 nitrogen and oxygen atoms in total. The molecule has 0 radical (unpaired) electrons. The van der Waals surface area contributed by atoms with E-state index in [2.05, 4.69) is 0 Å². The molecule has 4 rings (SSSR count). The molecule has 0 spiro atoms. The summed E-state index contributed by atoms with van der Waals surface area (Å²) in [5, 5.41) is 11.5. The Kier molecular flexibility index (Phi) is 8.04. The average molecular weight is 529 g/mol. The lowest BCUT2D eigenvalue weighted by molar-refractivity contribution is -0.132. The molecule has 1 aliphatic heterocycles. The molecule has 8 heteroatoms. The van der Waals surface area contributed by atoms with Crippen LogP contribution in [0, 0.1) is 6.92 Å². The van der Waals surface area contributed by atoms with Gasteiger partial charge in [0.2, 0.25) is 0 Å². The van der Waals surface area contributed by atoms with Crippen molar-refractivity contribution in [3.8, 4) is 5.75 Å². The fraction of sp³-hybridized carbons (Fsp3) is 0.258. The fourth-order valence-corrected chi connectivity index (χ4v) is 4.57. The minimum Gasteiger partial charge on any atom is -0.507 e. The van der Waals surface area contributed by atoms with Gasteiger partial charge in [-0.1, -0.05) is 19.1 Å². The Hall–Kier alpha value is -4.59. The van der Waals surface area contributed by atoms with Crippen molar-refractivity contribution in [2.24, 2.45) is 0 Å². The number of aliphatic hydroxyl groups excluding tert-OH is 1. The quantitative estimate of drug-likeness (QED) is 0.184. The number of hydrogen-bond acceptors (Lipinski definition) is 7. The summed E-state index contributed by atoms with van der Waals surface area (Å²) in [6, 6.07) is 18.0. The maximum Gasteiger partial charge on any atom is 0.337 e. The second kappa shape index (κ2) is 11.4.